The van der Waals surface area contributed by atoms with Crippen molar-refractivity contribution in [3.63, 3.8) is 0 Å². The Balaban J connectivity index is 2.29. The summed E-state index contributed by atoms with van der Waals surface area (Å²) in [5, 5.41) is 15.1. The molecular formula is C13H9Cl2N3O3S. The maximum absolute atomic E-state index is 12.2. The average molecular weight is 358 g/mol. The number of hydrogen-bond donors (Lipinski definition) is 1. The third-order valence-electron chi connectivity index (χ3n) is 2.75. The number of halogens is 2. The van der Waals surface area contributed by atoms with E-state index in [0.717, 1.165) is 6.07 Å². The Kier molecular flexibility index (Phi) is 4.86. The highest BCUT2D eigenvalue weighted by atomic mass is 35.5. The first-order valence-corrected chi connectivity index (χ1v) is 8.51. The van der Waals surface area contributed by atoms with Crippen LogP contribution >= 0.6 is 23.2 Å². The highest BCUT2D eigenvalue weighted by Crippen LogP contribution is 2.21. The minimum atomic E-state index is -3.69. The molecule has 0 atom stereocenters. The van der Waals surface area contributed by atoms with Gasteiger partial charge in [0.05, 0.1) is 23.1 Å². The molecule has 2 rings (SSSR count). The highest BCUT2D eigenvalue weighted by molar-refractivity contribution is 7.89. The molecule has 0 amide bonds. The van der Waals surface area contributed by atoms with Crippen molar-refractivity contribution >= 4 is 33.0 Å². The van der Waals surface area contributed by atoms with Crippen LogP contribution in [0.3, 0.4) is 0 Å². The maximum Gasteiger partial charge on any atom is 0.205 e. The minimum absolute atomic E-state index is 0.0240. The van der Waals surface area contributed by atoms with Gasteiger partial charge >= 0.3 is 0 Å². The zero-order valence-corrected chi connectivity index (χ0v) is 13.3. The fourth-order valence-electron chi connectivity index (χ4n) is 1.76. The first kappa shape index (κ1) is 16.5. The van der Waals surface area contributed by atoms with E-state index in [2.05, 4.69) is 10.2 Å². The molecule has 0 bridgehead atoms. The van der Waals surface area contributed by atoms with Crippen LogP contribution in [-0.4, -0.2) is 18.6 Å². The number of sulfone groups is 1. The van der Waals surface area contributed by atoms with E-state index in [9.17, 15) is 13.2 Å². The van der Waals surface area contributed by atoms with Crippen LogP contribution in [-0.2, 0) is 21.3 Å². The summed E-state index contributed by atoms with van der Waals surface area (Å²) < 4.78 is 24.4. The molecule has 0 saturated carbocycles. The largest absolute Gasteiger partial charge is 0.288 e. The second-order valence-electron chi connectivity index (χ2n) is 4.48. The Morgan fingerprint density at radius 2 is 1.95 bits per heavy atom. The van der Waals surface area contributed by atoms with Crippen LogP contribution in [0.4, 0.5) is 0 Å². The Morgan fingerprint density at radius 1 is 1.23 bits per heavy atom. The lowest BCUT2D eigenvalue weighted by molar-refractivity contribution is 0.593. The van der Waals surface area contributed by atoms with Crippen LogP contribution in [0, 0.1) is 11.3 Å². The Labute approximate surface area is 136 Å². The van der Waals surface area contributed by atoms with Crippen LogP contribution in [0.15, 0.2) is 29.1 Å². The fraction of sp³-hybridized carbons (Fsp3) is 0.154. The zero-order chi connectivity index (χ0) is 16.3. The van der Waals surface area contributed by atoms with E-state index >= 15 is 0 Å². The van der Waals surface area contributed by atoms with Crippen LogP contribution in [0.2, 0.25) is 10.2 Å². The fourth-order valence-corrected chi connectivity index (χ4v) is 3.60. The Hall–Kier alpha value is -1.88. The van der Waals surface area contributed by atoms with Crippen molar-refractivity contribution in [2.45, 2.75) is 11.5 Å². The minimum Gasteiger partial charge on any atom is -0.288 e. The predicted molar refractivity (Wildman–Crippen MR) is 82.4 cm³/mol. The van der Waals surface area contributed by atoms with Crippen LogP contribution in [0.1, 0.15) is 16.8 Å². The van der Waals surface area contributed by atoms with Crippen molar-refractivity contribution in [3.05, 3.63) is 61.5 Å². The molecule has 0 aliphatic heterocycles. The van der Waals surface area contributed by atoms with Crippen LogP contribution < -0.4 is 5.43 Å². The Bertz CT molecular complexity index is 917. The number of nitriles is 1. The molecule has 9 heteroatoms. The van der Waals surface area contributed by atoms with Gasteiger partial charge in [0.1, 0.15) is 10.8 Å². The number of H-pyrrole nitrogens is 1. The van der Waals surface area contributed by atoms with Gasteiger partial charge in [-0.2, -0.15) is 10.4 Å². The molecule has 0 aliphatic rings. The van der Waals surface area contributed by atoms with E-state index in [0.29, 0.717) is 11.1 Å². The average Bonchev–Trinajstić information content (AvgIpc) is 2.44. The molecule has 1 aromatic heterocycles. The molecule has 1 N–H and O–H groups in total. The van der Waals surface area contributed by atoms with Gasteiger partial charge in [0, 0.05) is 11.1 Å². The first-order chi connectivity index (χ1) is 10.3. The van der Waals surface area contributed by atoms with Crippen molar-refractivity contribution in [2.75, 3.05) is 0 Å². The van der Waals surface area contributed by atoms with Gasteiger partial charge in [-0.25, -0.2) is 8.42 Å². The summed E-state index contributed by atoms with van der Waals surface area (Å²) in [6.45, 7) is 0. The van der Waals surface area contributed by atoms with E-state index in [1.807, 2.05) is 6.07 Å². The molecule has 6 nitrogen and oxygen atoms in total. The summed E-state index contributed by atoms with van der Waals surface area (Å²) in [7, 11) is -3.69. The number of benzene rings is 1. The monoisotopic (exact) mass is 357 g/mol. The summed E-state index contributed by atoms with van der Waals surface area (Å²) in [5.74, 6) is -0.947. The topological polar surface area (TPSA) is 104 Å². The van der Waals surface area contributed by atoms with Crippen molar-refractivity contribution in [3.8, 4) is 6.07 Å². The molecule has 0 radical (unpaired) electrons. The third kappa shape index (κ3) is 4.07. The first-order valence-electron chi connectivity index (χ1n) is 5.94. The number of hydrogen-bond acceptors (Lipinski definition) is 5. The number of nitrogens with one attached hydrogen (secondary N) is 1. The quantitative estimate of drug-likeness (QED) is 0.901. The molecule has 0 spiro atoms. The van der Waals surface area contributed by atoms with Gasteiger partial charge in [-0.15, -0.1) is 0 Å². The van der Waals surface area contributed by atoms with Gasteiger partial charge in [-0.3, -0.25) is 9.89 Å². The van der Waals surface area contributed by atoms with Crippen molar-refractivity contribution in [2.24, 2.45) is 0 Å². The number of rotatable bonds is 4. The lowest BCUT2D eigenvalue weighted by Gasteiger charge is -2.06. The van der Waals surface area contributed by atoms with Gasteiger partial charge in [0.15, 0.2) is 9.84 Å². The van der Waals surface area contributed by atoms with Gasteiger partial charge in [-0.05, 0) is 23.8 Å². The zero-order valence-electron chi connectivity index (χ0n) is 11.0. The van der Waals surface area contributed by atoms with Crippen molar-refractivity contribution < 1.29 is 8.42 Å². The van der Waals surface area contributed by atoms with Gasteiger partial charge in [0.25, 0.3) is 0 Å². The molecule has 22 heavy (non-hydrogen) atoms. The molecule has 0 fully saturated rings. The smallest absolute Gasteiger partial charge is 0.205 e. The highest BCUT2D eigenvalue weighted by Gasteiger charge is 2.18. The molecular weight excluding hydrogens is 349 g/mol. The second kappa shape index (κ2) is 6.48. The standard InChI is InChI=1S/C13H9Cl2N3O3S/c14-10-2-1-8(5-16)3-9(10)6-22(20,21)7-11-12(19)4-13(15)18-17-11/h1-4H,6-7H2,(H,18,19). The van der Waals surface area contributed by atoms with Gasteiger partial charge < -0.3 is 0 Å². The van der Waals surface area contributed by atoms with E-state index in [4.69, 9.17) is 28.5 Å². The molecule has 2 aromatic rings. The summed E-state index contributed by atoms with van der Waals surface area (Å²) in [6.07, 6.45) is 0. The lowest BCUT2D eigenvalue weighted by atomic mass is 10.1. The normalized spacial score (nSPS) is 11.1. The van der Waals surface area contributed by atoms with Crippen LogP contribution in [0.5, 0.6) is 0 Å². The van der Waals surface area contributed by atoms with Gasteiger partial charge in [0.2, 0.25) is 5.43 Å². The molecule has 0 saturated heterocycles. The molecule has 1 heterocycles. The molecule has 114 valence electrons. The van der Waals surface area contributed by atoms with E-state index < -0.39 is 26.8 Å². The van der Waals surface area contributed by atoms with E-state index in [1.54, 1.807) is 0 Å². The summed E-state index contributed by atoms with van der Waals surface area (Å²) >= 11 is 11.5. The third-order valence-corrected chi connectivity index (χ3v) is 4.77. The molecule has 0 aliphatic carbocycles. The SMILES string of the molecule is N#Cc1ccc(Cl)c(CS(=O)(=O)Cc2n[nH]c(Cl)cc2=O)c1. The predicted octanol–water partition coefficient (Wildman–Crippen LogP) is 2.06. The van der Waals surface area contributed by atoms with E-state index in [1.165, 1.54) is 18.2 Å². The second-order valence-corrected chi connectivity index (χ2v) is 7.36. The summed E-state index contributed by atoms with van der Waals surface area (Å²) in [6, 6.07) is 7.32. The summed E-state index contributed by atoms with van der Waals surface area (Å²) in [5.41, 5.74) is -0.121. The summed E-state index contributed by atoms with van der Waals surface area (Å²) in [4.78, 5) is 11.6. The number of aromatic nitrogens is 2. The van der Waals surface area contributed by atoms with E-state index in [-0.39, 0.29) is 15.9 Å². The lowest BCUT2D eigenvalue weighted by Crippen LogP contribution is -2.18. The van der Waals surface area contributed by atoms with Crippen LogP contribution in [0.25, 0.3) is 0 Å². The van der Waals surface area contributed by atoms with Crippen molar-refractivity contribution in [1.82, 2.24) is 10.2 Å². The molecule has 0 unspecified atom stereocenters. The Morgan fingerprint density at radius 3 is 2.59 bits per heavy atom. The maximum atomic E-state index is 12.2. The van der Waals surface area contributed by atoms with Gasteiger partial charge in [-0.1, -0.05) is 23.2 Å². The molecule has 1 aromatic carbocycles. The number of aromatic amines is 1. The number of nitrogens with zero attached hydrogens (tertiary/aromatic N) is 2. The van der Waals surface area contributed by atoms with Crippen molar-refractivity contribution in [1.29, 1.82) is 5.26 Å².